The van der Waals surface area contributed by atoms with Crippen LogP contribution in [0, 0.1) is 0 Å². The molecule has 5 heteroatoms. The number of halogens is 1. The Balaban J connectivity index is 2.49. The predicted octanol–water partition coefficient (Wildman–Crippen LogP) is 2.36. The van der Waals surface area contributed by atoms with Crippen LogP contribution in [0.2, 0.25) is 5.02 Å². The van der Waals surface area contributed by atoms with Crippen LogP contribution in [-0.4, -0.2) is 18.4 Å². The molecular weight excluding hydrogens is 252 g/mol. The molecule has 0 aliphatic carbocycles. The van der Waals surface area contributed by atoms with Crippen molar-refractivity contribution in [1.29, 1.82) is 0 Å². The molecule has 0 radical (unpaired) electrons. The molecule has 1 aromatic rings. The third-order valence-electron chi connectivity index (χ3n) is 2.07. The molecule has 0 unspecified atom stereocenters. The Morgan fingerprint density at radius 1 is 1.22 bits per heavy atom. The maximum Gasteiger partial charge on any atom is 0.248 e. The van der Waals surface area contributed by atoms with E-state index in [2.05, 4.69) is 10.6 Å². The number of hydrogen-bond acceptors (Lipinski definition) is 2. The third-order valence-corrected chi connectivity index (χ3v) is 2.40. The van der Waals surface area contributed by atoms with E-state index in [9.17, 15) is 9.59 Å². The van der Waals surface area contributed by atoms with Gasteiger partial charge in [-0.05, 0) is 18.6 Å². The van der Waals surface area contributed by atoms with Crippen LogP contribution in [0.1, 0.15) is 13.3 Å². The van der Waals surface area contributed by atoms with E-state index in [-0.39, 0.29) is 5.91 Å². The second-order valence-corrected chi connectivity index (χ2v) is 4.00. The summed E-state index contributed by atoms with van der Waals surface area (Å²) in [5.74, 6) is -0.680. The van der Waals surface area contributed by atoms with Gasteiger partial charge < -0.3 is 10.6 Å². The van der Waals surface area contributed by atoms with Gasteiger partial charge in [0.2, 0.25) is 11.8 Å². The minimum Gasteiger partial charge on any atom is -0.353 e. The molecule has 0 aliphatic heterocycles. The molecule has 0 saturated heterocycles. The average Bonchev–Trinajstić information content (AvgIpc) is 2.36. The first-order chi connectivity index (χ1) is 8.63. The van der Waals surface area contributed by atoms with Gasteiger partial charge in [-0.2, -0.15) is 0 Å². The minimum absolute atomic E-state index is 0.286. The van der Waals surface area contributed by atoms with Gasteiger partial charge in [0.25, 0.3) is 0 Å². The third kappa shape index (κ3) is 5.01. The van der Waals surface area contributed by atoms with E-state index in [4.69, 9.17) is 11.6 Å². The number of nitrogens with one attached hydrogen (secondary N) is 2. The van der Waals surface area contributed by atoms with Crippen LogP contribution in [0.3, 0.4) is 0 Å². The van der Waals surface area contributed by atoms with E-state index in [0.29, 0.717) is 17.3 Å². The molecule has 1 rings (SSSR count). The number of carbonyl (C=O) groups excluding carboxylic acids is 2. The number of para-hydroxylation sites is 1. The molecule has 0 fully saturated rings. The van der Waals surface area contributed by atoms with Crippen LogP contribution in [0.5, 0.6) is 0 Å². The molecule has 96 valence electrons. The maximum atomic E-state index is 11.5. The molecule has 18 heavy (non-hydrogen) atoms. The van der Waals surface area contributed by atoms with Crippen LogP contribution in [0.4, 0.5) is 5.69 Å². The zero-order chi connectivity index (χ0) is 13.4. The zero-order valence-electron chi connectivity index (χ0n) is 10.1. The molecule has 0 saturated carbocycles. The Labute approximate surface area is 111 Å². The smallest absolute Gasteiger partial charge is 0.248 e. The zero-order valence-corrected chi connectivity index (χ0v) is 10.8. The Morgan fingerprint density at radius 3 is 2.56 bits per heavy atom. The first-order valence-corrected chi connectivity index (χ1v) is 6.02. The van der Waals surface area contributed by atoms with Crippen LogP contribution < -0.4 is 10.6 Å². The lowest BCUT2D eigenvalue weighted by atomic mass is 10.3. The normalized spacial score (nSPS) is 10.3. The Morgan fingerprint density at radius 2 is 1.89 bits per heavy atom. The molecular formula is C13H15ClN2O2. The standard InChI is InChI=1S/C13H15ClN2O2/c1-2-9-15-12(17)7-8-13(18)16-11-6-4-3-5-10(11)14/h3-8H,2,9H2,1H3,(H,15,17)(H,16,18)/b8-7-. The van der Waals surface area contributed by atoms with Crippen molar-refractivity contribution >= 4 is 29.1 Å². The van der Waals surface area contributed by atoms with Gasteiger partial charge in [0.1, 0.15) is 0 Å². The van der Waals surface area contributed by atoms with Crippen molar-refractivity contribution in [3.05, 3.63) is 41.4 Å². The highest BCUT2D eigenvalue weighted by molar-refractivity contribution is 6.33. The largest absolute Gasteiger partial charge is 0.353 e. The number of benzene rings is 1. The van der Waals surface area contributed by atoms with Crippen molar-refractivity contribution in [2.75, 3.05) is 11.9 Å². The van der Waals surface area contributed by atoms with Gasteiger partial charge >= 0.3 is 0 Å². The van der Waals surface area contributed by atoms with Crippen molar-refractivity contribution in [2.45, 2.75) is 13.3 Å². The van der Waals surface area contributed by atoms with Crippen LogP contribution in [-0.2, 0) is 9.59 Å². The van der Waals surface area contributed by atoms with Gasteiger partial charge in [0.15, 0.2) is 0 Å². The van der Waals surface area contributed by atoms with Gasteiger partial charge in [-0.15, -0.1) is 0 Å². The second kappa shape index (κ2) is 7.50. The molecule has 0 heterocycles. The predicted molar refractivity (Wildman–Crippen MR) is 72.5 cm³/mol. The van der Waals surface area contributed by atoms with Crippen molar-refractivity contribution in [2.24, 2.45) is 0 Å². The molecule has 4 nitrogen and oxygen atoms in total. The van der Waals surface area contributed by atoms with Gasteiger partial charge in [-0.1, -0.05) is 30.7 Å². The summed E-state index contributed by atoms with van der Waals surface area (Å²) in [7, 11) is 0. The van der Waals surface area contributed by atoms with Crippen LogP contribution in [0.25, 0.3) is 0 Å². The molecule has 2 amide bonds. The fourth-order valence-electron chi connectivity index (χ4n) is 1.20. The summed E-state index contributed by atoms with van der Waals surface area (Å²) in [6.45, 7) is 2.55. The lowest BCUT2D eigenvalue weighted by Crippen LogP contribution is -2.22. The number of carbonyl (C=O) groups is 2. The number of rotatable bonds is 5. The second-order valence-electron chi connectivity index (χ2n) is 3.59. The Hall–Kier alpha value is -1.81. The van der Waals surface area contributed by atoms with Gasteiger partial charge in [-0.3, -0.25) is 9.59 Å². The lowest BCUT2D eigenvalue weighted by Gasteiger charge is -2.03. The van der Waals surface area contributed by atoms with E-state index >= 15 is 0 Å². The summed E-state index contributed by atoms with van der Waals surface area (Å²) in [5.41, 5.74) is 0.516. The average molecular weight is 267 g/mol. The summed E-state index contributed by atoms with van der Waals surface area (Å²) < 4.78 is 0. The van der Waals surface area contributed by atoms with E-state index in [1.807, 2.05) is 6.92 Å². The molecule has 0 aliphatic rings. The van der Waals surface area contributed by atoms with Crippen molar-refractivity contribution < 1.29 is 9.59 Å². The van der Waals surface area contributed by atoms with E-state index < -0.39 is 5.91 Å². The highest BCUT2D eigenvalue weighted by atomic mass is 35.5. The van der Waals surface area contributed by atoms with Crippen LogP contribution in [0.15, 0.2) is 36.4 Å². The van der Waals surface area contributed by atoms with Gasteiger partial charge in [0.05, 0.1) is 10.7 Å². The van der Waals surface area contributed by atoms with Crippen LogP contribution >= 0.6 is 11.6 Å². The fraction of sp³-hybridized carbons (Fsp3) is 0.231. The molecule has 0 bridgehead atoms. The topological polar surface area (TPSA) is 58.2 Å². The Bertz CT molecular complexity index is 458. The summed E-state index contributed by atoms with van der Waals surface area (Å²) in [6.07, 6.45) is 3.22. The summed E-state index contributed by atoms with van der Waals surface area (Å²) in [6, 6.07) is 6.89. The highest BCUT2D eigenvalue weighted by Gasteiger charge is 2.02. The first-order valence-electron chi connectivity index (χ1n) is 5.65. The minimum atomic E-state index is -0.394. The summed E-state index contributed by atoms with van der Waals surface area (Å²) >= 11 is 5.88. The quantitative estimate of drug-likeness (QED) is 0.804. The summed E-state index contributed by atoms with van der Waals surface area (Å²) in [5, 5.41) is 5.67. The number of anilines is 1. The van der Waals surface area contributed by atoms with Crippen molar-refractivity contribution in [3.8, 4) is 0 Å². The monoisotopic (exact) mass is 266 g/mol. The maximum absolute atomic E-state index is 11.5. The number of amides is 2. The highest BCUT2D eigenvalue weighted by Crippen LogP contribution is 2.20. The number of hydrogen-bond donors (Lipinski definition) is 2. The lowest BCUT2D eigenvalue weighted by molar-refractivity contribution is -0.117. The van der Waals surface area contributed by atoms with E-state index in [1.165, 1.54) is 12.2 Å². The van der Waals surface area contributed by atoms with E-state index in [0.717, 1.165) is 6.42 Å². The van der Waals surface area contributed by atoms with E-state index in [1.54, 1.807) is 24.3 Å². The molecule has 1 aromatic carbocycles. The molecule has 0 aromatic heterocycles. The van der Waals surface area contributed by atoms with Crippen molar-refractivity contribution in [3.63, 3.8) is 0 Å². The Kier molecular flexibility index (Phi) is 5.94. The van der Waals surface area contributed by atoms with Crippen molar-refractivity contribution in [1.82, 2.24) is 5.32 Å². The SMILES string of the molecule is CCCNC(=O)/C=C\C(=O)Nc1ccccc1Cl. The molecule has 0 spiro atoms. The summed E-state index contributed by atoms with van der Waals surface area (Å²) in [4.78, 5) is 22.7. The fourth-order valence-corrected chi connectivity index (χ4v) is 1.38. The first kappa shape index (κ1) is 14.3. The van der Waals surface area contributed by atoms with Gasteiger partial charge in [-0.25, -0.2) is 0 Å². The van der Waals surface area contributed by atoms with Gasteiger partial charge in [0, 0.05) is 18.7 Å². The molecule has 0 atom stereocenters. The molecule has 2 N–H and O–H groups in total.